The lowest BCUT2D eigenvalue weighted by Gasteiger charge is -2.13. The van der Waals surface area contributed by atoms with Crippen LogP contribution < -0.4 is 14.2 Å². The number of amidine groups is 1. The van der Waals surface area contributed by atoms with E-state index in [2.05, 4.69) is 4.99 Å². The Kier molecular flexibility index (Phi) is 6.86. The van der Waals surface area contributed by atoms with Crippen molar-refractivity contribution in [3.05, 3.63) is 52.4 Å². The van der Waals surface area contributed by atoms with Crippen LogP contribution in [-0.4, -0.2) is 54.9 Å². The van der Waals surface area contributed by atoms with Gasteiger partial charge in [0.15, 0.2) is 16.7 Å². The predicted octanol–water partition coefficient (Wildman–Crippen LogP) is 4.03. The average molecular weight is 442 g/mol. The maximum absolute atomic E-state index is 12.9. The third-order valence-electron chi connectivity index (χ3n) is 4.51. The van der Waals surface area contributed by atoms with Gasteiger partial charge in [0.1, 0.15) is 0 Å². The summed E-state index contributed by atoms with van der Waals surface area (Å²) in [6.45, 7) is 2.28. The summed E-state index contributed by atoms with van der Waals surface area (Å²) >= 11 is 1.22. The Labute approximate surface area is 184 Å². The van der Waals surface area contributed by atoms with Gasteiger partial charge in [-0.25, -0.2) is 9.79 Å². The first-order valence-electron chi connectivity index (χ1n) is 9.35. The van der Waals surface area contributed by atoms with Crippen molar-refractivity contribution < 1.29 is 28.9 Å². The van der Waals surface area contributed by atoms with Crippen LogP contribution in [0.3, 0.4) is 0 Å². The fourth-order valence-corrected chi connectivity index (χ4v) is 4.09. The molecule has 2 aromatic carbocycles. The highest BCUT2D eigenvalue weighted by atomic mass is 32.2. The number of nitrogens with zero attached hydrogens (tertiary/aromatic N) is 2. The Bertz CT molecular complexity index is 1050. The number of aromatic carboxylic acids is 1. The second kappa shape index (κ2) is 9.57. The van der Waals surface area contributed by atoms with Gasteiger partial charge in [0, 0.05) is 6.54 Å². The second-order valence-electron chi connectivity index (χ2n) is 6.37. The van der Waals surface area contributed by atoms with Crippen LogP contribution in [0, 0.1) is 0 Å². The summed E-state index contributed by atoms with van der Waals surface area (Å²) in [5.74, 6) is 0.210. The summed E-state index contributed by atoms with van der Waals surface area (Å²) in [5, 5.41) is 9.66. The van der Waals surface area contributed by atoms with Gasteiger partial charge in [-0.2, -0.15) is 0 Å². The lowest BCUT2D eigenvalue weighted by Crippen LogP contribution is -2.28. The molecule has 1 N–H and O–H groups in total. The SMILES string of the molecule is CCN1C(=O)/C(=C\c2cc(OC)c(OC)c(OC)c2)SC1=Nc1cccc(C(=O)O)c1. The number of hydrogen-bond acceptors (Lipinski definition) is 7. The van der Waals surface area contributed by atoms with E-state index < -0.39 is 5.97 Å². The monoisotopic (exact) mass is 442 g/mol. The number of amides is 1. The fourth-order valence-electron chi connectivity index (χ4n) is 3.03. The molecule has 162 valence electrons. The lowest BCUT2D eigenvalue weighted by atomic mass is 10.1. The molecule has 1 aliphatic heterocycles. The van der Waals surface area contributed by atoms with E-state index in [1.54, 1.807) is 35.2 Å². The van der Waals surface area contributed by atoms with Crippen molar-refractivity contribution in [2.24, 2.45) is 4.99 Å². The number of benzene rings is 2. The van der Waals surface area contributed by atoms with Gasteiger partial charge in [0.25, 0.3) is 5.91 Å². The van der Waals surface area contributed by atoms with Crippen molar-refractivity contribution in [3.63, 3.8) is 0 Å². The van der Waals surface area contributed by atoms with Crippen molar-refractivity contribution >= 4 is 40.6 Å². The third kappa shape index (κ3) is 4.66. The highest BCUT2D eigenvalue weighted by Gasteiger charge is 2.32. The summed E-state index contributed by atoms with van der Waals surface area (Å²) < 4.78 is 16.1. The molecular formula is C22H22N2O6S. The normalized spacial score (nSPS) is 16.1. The first-order valence-corrected chi connectivity index (χ1v) is 10.2. The first-order chi connectivity index (χ1) is 14.9. The topological polar surface area (TPSA) is 97.7 Å². The zero-order valence-corrected chi connectivity index (χ0v) is 18.4. The molecule has 8 nitrogen and oxygen atoms in total. The molecule has 1 heterocycles. The molecule has 0 radical (unpaired) electrons. The molecule has 0 saturated carbocycles. The van der Waals surface area contributed by atoms with Crippen LogP contribution in [-0.2, 0) is 4.79 Å². The van der Waals surface area contributed by atoms with Gasteiger partial charge in [-0.3, -0.25) is 9.69 Å². The van der Waals surface area contributed by atoms with Crippen LogP contribution in [0.4, 0.5) is 5.69 Å². The van der Waals surface area contributed by atoms with Gasteiger partial charge < -0.3 is 19.3 Å². The Hall–Kier alpha value is -3.46. The minimum absolute atomic E-state index is 0.132. The number of thioether (sulfide) groups is 1. The smallest absolute Gasteiger partial charge is 0.335 e. The number of carboxylic acid groups (broad SMARTS) is 1. The quantitative estimate of drug-likeness (QED) is 0.647. The van der Waals surface area contributed by atoms with Crippen LogP contribution in [0.2, 0.25) is 0 Å². The van der Waals surface area contributed by atoms with Gasteiger partial charge in [-0.15, -0.1) is 0 Å². The molecule has 0 aliphatic carbocycles. The van der Waals surface area contributed by atoms with E-state index in [1.165, 1.54) is 45.2 Å². The molecule has 3 rings (SSSR count). The molecule has 0 spiro atoms. The summed E-state index contributed by atoms with van der Waals surface area (Å²) in [7, 11) is 4.58. The largest absolute Gasteiger partial charge is 0.493 e. The summed E-state index contributed by atoms with van der Waals surface area (Å²) in [4.78, 5) is 30.7. The van der Waals surface area contributed by atoms with Gasteiger partial charge in [-0.1, -0.05) is 6.07 Å². The number of aliphatic imine (C=N–C) groups is 1. The van der Waals surface area contributed by atoms with Crippen LogP contribution in [0.25, 0.3) is 6.08 Å². The summed E-state index contributed by atoms with van der Waals surface area (Å²) in [5.41, 5.74) is 1.30. The highest BCUT2D eigenvalue weighted by Crippen LogP contribution is 2.40. The molecule has 1 saturated heterocycles. The van der Waals surface area contributed by atoms with E-state index in [0.29, 0.717) is 45.1 Å². The molecule has 1 amide bonds. The number of rotatable bonds is 7. The minimum atomic E-state index is -1.03. The molecule has 1 fully saturated rings. The fraction of sp³-hybridized carbons (Fsp3) is 0.227. The number of methoxy groups -OCH3 is 3. The Morgan fingerprint density at radius 3 is 2.35 bits per heavy atom. The van der Waals surface area contributed by atoms with Crippen molar-refractivity contribution in [3.8, 4) is 17.2 Å². The van der Waals surface area contributed by atoms with Crippen LogP contribution >= 0.6 is 11.8 Å². The van der Waals surface area contributed by atoms with Gasteiger partial charge in [-0.05, 0) is 60.7 Å². The molecular weight excluding hydrogens is 420 g/mol. The molecule has 0 aromatic heterocycles. The lowest BCUT2D eigenvalue weighted by molar-refractivity contribution is -0.122. The third-order valence-corrected chi connectivity index (χ3v) is 5.51. The van der Waals surface area contributed by atoms with Crippen molar-refractivity contribution in [2.75, 3.05) is 27.9 Å². The van der Waals surface area contributed by atoms with Crippen LogP contribution in [0.15, 0.2) is 46.3 Å². The first kappa shape index (κ1) is 22.2. The maximum atomic E-state index is 12.9. The Morgan fingerprint density at radius 2 is 1.81 bits per heavy atom. The van der Waals surface area contributed by atoms with E-state index in [4.69, 9.17) is 14.2 Å². The average Bonchev–Trinajstić information content (AvgIpc) is 3.06. The van der Waals surface area contributed by atoms with E-state index in [9.17, 15) is 14.7 Å². The zero-order chi connectivity index (χ0) is 22.5. The number of hydrogen-bond donors (Lipinski definition) is 1. The van der Waals surface area contributed by atoms with Crippen LogP contribution in [0.1, 0.15) is 22.8 Å². The van der Waals surface area contributed by atoms with Gasteiger partial charge in [0.05, 0.1) is 37.5 Å². The molecule has 0 bridgehead atoms. The maximum Gasteiger partial charge on any atom is 0.335 e. The molecule has 1 aliphatic rings. The van der Waals surface area contributed by atoms with Crippen molar-refractivity contribution in [2.45, 2.75) is 6.92 Å². The Balaban J connectivity index is 1.99. The minimum Gasteiger partial charge on any atom is -0.493 e. The number of likely N-dealkylation sites (N-methyl/N-ethyl adjacent to an activating group) is 1. The summed E-state index contributed by atoms with van der Waals surface area (Å²) in [6, 6.07) is 9.78. The Morgan fingerprint density at radius 1 is 1.13 bits per heavy atom. The van der Waals surface area contributed by atoms with E-state index in [0.717, 1.165) is 0 Å². The molecule has 0 atom stereocenters. The molecule has 2 aromatic rings. The molecule has 9 heteroatoms. The van der Waals surface area contributed by atoms with Crippen molar-refractivity contribution in [1.29, 1.82) is 0 Å². The standard InChI is InChI=1S/C22H22N2O6S/c1-5-24-20(25)18(11-13-9-16(28-2)19(30-4)17(10-13)29-3)31-22(24)23-15-8-6-7-14(12-15)21(26)27/h6-12H,5H2,1-4H3,(H,26,27)/b18-11+,23-22?. The van der Waals surface area contributed by atoms with E-state index in [1.807, 2.05) is 6.92 Å². The molecule has 31 heavy (non-hydrogen) atoms. The van der Waals surface area contributed by atoms with Crippen molar-refractivity contribution in [1.82, 2.24) is 4.90 Å². The predicted molar refractivity (Wildman–Crippen MR) is 120 cm³/mol. The van der Waals surface area contributed by atoms with Gasteiger partial charge >= 0.3 is 5.97 Å². The molecule has 0 unspecified atom stereocenters. The number of carbonyl (C=O) groups is 2. The van der Waals surface area contributed by atoms with Crippen LogP contribution in [0.5, 0.6) is 17.2 Å². The highest BCUT2D eigenvalue weighted by molar-refractivity contribution is 8.18. The zero-order valence-electron chi connectivity index (χ0n) is 17.5. The number of carbonyl (C=O) groups excluding carboxylic acids is 1. The van der Waals surface area contributed by atoms with E-state index >= 15 is 0 Å². The second-order valence-corrected chi connectivity index (χ2v) is 7.38. The number of ether oxygens (including phenoxy) is 3. The summed E-state index contributed by atoms with van der Waals surface area (Å²) in [6.07, 6.45) is 1.73. The number of carboxylic acids is 1. The van der Waals surface area contributed by atoms with Gasteiger partial charge in [0.2, 0.25) is 5.75 Å². The van der Waals surface area contributed by atoms with E-state index in [-0.39, 0.29) is 11.5 Å².